The summed E-state index contributed by atoms with van der Waals surface area (Å²) in [7, 11) is 3.11. The lowest BCUT2D eigenvalue weighted by Gasteiger charge is -2.31. The van der Waals surface area contributed by atoms with E-state index >= 15 is 0 Å². The number of esters is 1. The number of benzene rings is 1. The van der Waals surface area contributed by atoms with E-state index in [-0.39, 0.29) is 23.8 Å². The van der Waals surface area contributed by atoms with Gasteiger partial charge in [0.25, 0.3) is 5.69 Å². The molecule has 29 heavy (non-hydrogen) atoms. The first-order valence-corrected chi connectivity index (χ1v) is 9.90. The fraction of sp³-hybridized carbons (Fsp3) is 0.600. The van der Waals surface area contributed by atoms with E-state index in [9.17, 15) is 19.7 Å². The van der Waals surface area contributed by atoms with Gasteiger partial charge in [0.2, 0.25) is 5.91 Å². The molecule has 1 saturated carbocycles. The van der Waals surface area contributed by atoms with Gasteiger partial charge in [-0.1, -0.05) is 19.3 Å². The van der Waals surface area contributed by atoms with Gasteiger partial charge in [-0.2, -0.15) is 0 Å². The van der Waals surface area contributed by atoms with E-state index in [0.29, 0.717) is 31.2 Å². The van der Waals surface area contributed by atoms with E-state index in [2.05, 4.69) is 10.1 Å². The summed E-state index contributed by atoms with van der Waals surface area (Å²) in [5.74, 6) is 0.00639. The minimum atomic E-state index is -0.539. The molecule has 1 amide bonds. The van der Waals surface area contributed by atoms with Gasteiger partial charge in [0.05, 0.1) is 18.6 Å². The van der Waals surface area contributed by atoms with E-state index in [1.165, 1.54) is 44.6 Å². The summed E-state index contributed by atoms with van der Waals surface area (Å²) in [6.07, 6.45) is 6.70. The quantitative estimate of drug-likeness (QED) is 0.274. The van der Waals surface area contributed by atoms with Crippen molar-refractivity contribution < 1.29 is 24.0 Å². The number of amides is 1. The van der Waals surface area contributed by atoms with Crippen LogP contribution in [-0.2, 0) is 14.3 Å². The molecule has 1 aliphatic rings. The molecule has 1 N–H and O–H groups in total. The summed E-state index contributed by atoms with van der Waals surface area (Å²) in [5, 5.41) is 13.8. The number of rotatable bonds is 10. The molecule has 0 spiro atoms. The minimum absolute atomic E-state index is 0.115. The number of ether oxygens (including phenoxy) is 2. The molecule has 0 bridgehead atoms. The maximum atomic E-state index is 12.3. The Morgan fingerprint density at radius 3 is 2.66 bits per heavy atom. The van der Waals surface area contributed by atoms with Gasteiger partial charge in [-0.15, -0.1) is 0 Å². The number of carbonyl (C=O) groups is 2. The van der Waals surface area contributed by atoms with Crippen LogP contribution in [0.1, 0.15) is 44.9 Å². The summed E-state index contributed by atoms with van der Waals surface area (Å²) in [4.78, 5) is 36.1. The highest BCUT2D eigenvalue weighted by Crippen LogP contribution is 2.29. The molecule has 0 aromatic heterocycles. The Balaban J connectivity index is 1.83. The first-order chi connectivity index (χ1) is 13.9. The van der Waals surface area contributed by atoms with Crippen molar-refractivity contribution >= 4 is 23.3 Å². The lowest BCUT2D eigenvalue weighted by molar-refractivity contribution is -0.384. The Bertz CT molecular complexity index is 718. The van der Waals surface area contributed by atoms with Crippen LogP contribution in [0.15, 0.2) is 18.2 Å². The van der Waals surface area contributed by atoms with Gasteiger partial charge < -0.3 is 19.7 Å². The van der Waals surface area contributed by atoms with Gasteiger partial charge in [0.1, 0.15) is 18.0 Å². The van der Waals surface area contributed by atoms with Crippen LogP contribution in [0.2, 0.25) is 0 Å². The molecule has 9 nitrogen and oxygen atoms in total. The van der Waals surface area contributed by atoms with Crippen molar-refractivity contribution in [3.05, 3.63) is 28.3 Å². The second kappa shape index (κ2) is 11.2. The number of carbonyl (C=O) groups excluding carboxylic acids is 2. The summed E-state index contributed by atoms with van der Waals surface area (Å²) in [5.41, 5.74) is 0.0107. The second-order valence-electron chi connectivity index (χ2n) is 7.11. The summed E-state index contributed by atoms with van der Waals surface area (Å²) < 4.78 is 10.2. The highest BCUT2D eigenvalue weighted by molar-refractivity contribution is 5.77. The first kappa shape index (κ1) is 22.4. The van der Waals surface area contributed by atoms with E-state index in [4.69, 9.17) is 4.74 Å². The molecule has 1 aliphatic carbocycles. The number of methoxy groups -OCH3 is 1. The Kier molecular flexibility index (Phi) is 8.69. The van der Waals surface area contributed by atoms with Crippen LogP contribution in [0.3, 0.4) is 0 Å². The third kappa shape index (κ3) is 6.92. The number of nitrogens with zero attached hydrogens (tertiary/aromatic N) is 2. The largest absolute Gasteiger partial charge is 0.493 e. The van der Waals surface area contributed by atoms with Crippen LogP contribution in [0.5, 0.6) is 5.75 Å². The van der Waals surface area contributed by atoms with Crippen LogP contribution < -0.4 is 10.1 Å². The monoisotopic (exact) mass is 407 g/mol. The second-order valence-corrected chi connectivity index (χ2v) is 7.11. The number of nitro benzene ring substituents is 1. The smallest absolute Gasteiger partial charge is 0.325 e. The molecule has 1 fully saturated rings. The molecule has 0 radical (unpaired) electrons. The molecule has 0 unspecified atom stereocenters. The number of hydrogen-bond donors (Lipinski definition) is 1. The average Bonchev–Trinajstić information content (AvgIpc) is 2.74. The topological polar surface area (TPSA) is 111 Å². The van der Waals surface area contributed by atoms with Crippen molar-refractivity contribution in [1.82, 2.24) is 4.90 Å². The Labute approximate surface area is 170 Å². The van der Waals surface area contributed by atoms with E-state index in [0.717, 1.165) is 12.8 Å². The van der Waals surface area contributed by atoms with Gasteiger partial charge in [0, 0.05) is 31.6 Å². The van der Waals surface area contributed by atoms with Crippen molar-refractivity contribution in [3.63, 3.8) is 0 Å². The molecule has 0 heterocycles. The number of hydrogen-bond acceptors (Lipinski definition) is 7. The third-order valence-electron chi connectivity index (χ3n) is 5.14. The lowest BCUT2D eigenvalue weighted by Crippen LogP contribution is -2.38. The normalized spacial score (nSPS) is 14.1. The van der Waals surface area contributed by atoms with Crippen LogP contribution in [0.25, 0.3) is 0 Å². The van der Waals surface area contributed by atoms with Crippen molar-refractivity contribution in [3.8, 4) is 5.75 Å². The van der Waals surface area contributed by atoms with Gasteiger partial charge in [-0.05, 0) is 25.3 Å². The molecule has 1 aromatic rings. The fourth-order valence-electron chi connectivity index (χ4n) is 3.41. The molecule has 1 aromatic carbocycles. The molecule has 160 valence electrons. The predicted molar refractivity (Wildman–Crippen MR) is 108 cm³/mol. The molecule has 2 rings (SSSR count). The zero-order valence-electron chi connectivity index (χ0n) is 17.0. The summed E-state index contributed by atoms with van der Waals surface area (Å²) >= 11 is 0. The molecule has 0 aliphatic heterocycles. The van der Waals surface area contributed by atoms with Crippen molar-refractivity contribution in [1.29, 1.82) is 0 Å². The van der Waals surface area contributed by atoms with Crippen LogP contribution in [0.4, 0.5) is 11.4 Å². The number of nitrogens with one attached hydrogen (secondary N) is 1. The minimum Gasteiger partial charge on any atom is -0.493 e. The average molecular weight is 407 g/mol. The summed E-state index contributed by atoms with van der Waals surface area (Å²) in [6.45, 7) is 0.126. The van der Waals surface area contributed by atoms with Crippen LogP contribution in [0, 0.1) is 10.1 Å². The Morgan fingerprint density at radius 1 is 1.28 bits per heavy atom. The molecular weight excluding hydrogens is 378 g/mol. The molecule has 0 atom stereocenters. The Hall–Kier alpha value is -2.84. The van der Waals surface area contributed by atoms with Gasteiger partial charge in [-0.25, -0.2) is 0 Å². The van der Waals surface area contributed by atoms with Gasteiger partial charge >= 0.3 is 5.97 Å². The molecule has 9 heteroatoms. The summed E-state index contributed by atoms with van der Waals surface area (Å²) in [6, 6.07) is 4.63. The zero-order valence-corrected chi connectivity index (χ0v) is 17.0. The predicted octanol–water partition coefficient (Wildman–Crippen LogP) is 3.13. The highest BCUT2D eigenvalue weighted by Gasteiger charge is 2.21. The van der Waals surface area contributed by atoms with E-state index in [1.807, 2.05) is 11.9 Å². The maximum Gasteiger partial charge on any atom is 0.325 e. The number of nitro groups is 1. The standard InChI is InChI=1S/C20H29N3O6/c1-22(15-7-4-3-5-8-15)19(24)9-6-12-29-16-10-11-18(23(26)27)17(13-16)21-14-20(25)28-2/h10-11,13,15,21H,3-9,12,14H2,1-2H3. The van der Waals surface area contributed by atoms with Gasteiger partial charge in [-0.3, -0.25) is 19.7 Å². The zero-order chi connectivity index (χ0) is 21.2. The maximum absolute atomic E-state index is 12.3. The lowest BCUT2D eigenvalue weighted by atomic mass is 9.94. The van der Waals surface area contributed by atoms with Gasteiger partial charge in [0.15, 0.2) is 0 Å². The SMILES string of the molecule is COC(=O)CNc1cc(OCCCC(=O)N(C)C2CCCCC2)ccc1[N+](=O)[O-]. The molecular formula is C20H29N3O6. The highest BCUT2D eigenvalue weighted by atomic mass is 16.6. The first-order valence-electron chi connectivity index (χ1n) is 9.90. The molecule has 0 saturated heterocycles. The van der Waals surface area contributed by atoms with Crippen molar-refractivity contribution in [2.75, 3.05) is 32.6 Å². The Morgan fingerprint density at radius 2 is 2.00 bits per heavy atom. The van der Waals surface area contributed by atoms with E-state index < -0.39 is 10.9 Å². The third-order valence-corrected chi connectivity index (χ3v) is 5.14. The van der Waals surface area contributed by atoms with Crippen LogP contribution >= 0.6 is 0 Å². The van der Waals surface area contributed by atoms with Crippen LogP contribution in [-0.4, -0.2) is 55.1 Å². The van der Waals surface area contributed by atoms with E-state index in [1.54, 1.807) is 0 Å². The number of anilines is 1. The fourth-order valence-corrected chi connectivity index (χ4v) is 3.41. The van der Waals surface area contributed by atoms with Crippen molar-refractivity contribution in [2.24, 2.45) is 0 Å². The van der Waals surface area contributed by atoms with Crippen molar-refractivity contribution in [2.45, 2.75) is 51.0 Å².